The number of nitrogens with one attached hydrogen (secondary N) is 3. The molecule has 0 radical (unpaired) electrons. The molecule has 2 amide bonds. The van der Waals surface area contributed by atoms with E-state index < -0.39 is 39.9 Å². The van der Waals surface area contributed by atoms with Gasteiger partial charge in [-0.15, -0.1) is 0 Å². The summed E-state index contributed by atoms with van der Waals surface area (Å²) in [5.74, 6) is -1.23. The molecule has 0 aromatic heterocycles. The summed E-state index contributed by atoms with van der Waals surface area (Å²) in [5.41, 5.74) is 3.01. The van der Waals surface area contributed by atoms with E-state index in [1.165, 1.54) is 12.1 Å². The van der Waals surface area contributed by atoms with Crippen LogP contribution in [0.4, 0.5) is 10.5 Å². The van der Waals surface area contributed by atoms with Gasteiger partial charge in [0.05, 0.1) is 22.9 Å². The molecule has 1 aliphatic heterocycles. The predicted octanol–water partition coefficient (Wildman–Crippen LogP) is 5.51. The van der Waals surface area contributed by atoms with E-state index in [-0.39, 0.29) is 16.8 Å². The molecule has 5 rings (SSSR count). The third kappa shape index (κ3) is 8.73. The number of carboxylic acid groups (broad SMARTS) is 1. The van der Waals surface area contributed by atoms with Crippen LogP contribution >= 0.6 is 11.6 Å². The van der Waals surface area contributed by atoms with E-state index in [1.54, 1.807) is 24.3 Å². The maximum atomic E-state index is 13.9. The van der Waals surface area contributed by atoms with E-state index in [0.717, 1.165) is 16.7 Å². The van der Waals surface area contributed by atoms with Gasteiger partial charge in [-0.3, -0.25) is 4.79 Å². The van der Waals surface area contributed by atoms with E-state index in [0.29, 0.717) is 36.6 Å². The van der Waals surface area contributed by atoms with Crippen molar-refractivity contribution in [3.8, 4) is 0 Å². The minimum absolute atomic E-state index is 0.160. The van der Waals surface area contributed by atoms with Gasteiger partial charge in [0, 0.05) is 29.7 Å². The summed E-state index contributed by atoms with van der Waals surface area (Å²) < 4.78 is 32.1. The molecule has 4 aromatic rings. The Kier molecular flexibility index (Phi) is 11.1. The summed E-state index contributed by atoms with van der Waals surface area (Å²) in [5, 5.41) is 18.9. The first kappa shape index (κ1) is 33.2. The lowest BCUT2D eigenvalue weighted by Gasteiger charge is -2.31. The molecular weight excluding hydrogens is 626 g/mol. The summed E-state index contributed by atoms with van der Waals surface area (Å²) in [7, 11) is -3.57. The van der Waals surface area contributed by atoms with Crippen LogP contribution in [0.3, 0.4) is 0 Å². The Bertz CT molecular complexity index is 1680. The lowest BCUT2D eigenvalue weighted by Crippen LogP contribution is -2.47. The van der Waals surface area contributed by atoms with Crippen LogP contribution in [0.25, 0.3) is 0 Å². The molecule has 1 saturated heterocycles. The van der Waals surface area contributed by atoms with Crippen LogP contribution in [0.2, 0.25) is 5.02 Å². The van der Waals surface area contributed by atoms with Crippen molar-refractivity contribution in [1.82, 2.24) is 10.6 Å². The Morgan fingerprint density at radius 2 is 1.43 bits per heavy atom. The van der Waals surface area contributed by atoms with E-state index in [2.05, 4.69) is 16.0 Å². The van der Waals surface area contributed by atoms with Crippen LogP contribution in [0.1, 0.15) is 29.0 Å². The van der Waals surface area contributed by atoms with Gasteiger partial charge < -0.3 is 25.8 Å². The highest BCUT2D eigenvalue weighted by Crippen LogP contribution is 2.30. The highest BCUT2D eigenvalue weighted by molar-refractivity contribution is 7.91. The normalized spacial score (nSPS) is 17.3. The summed E-state index contributed by atoms with van der Waals surface area (Å²) >= 11 is 5.92. The number of hydrogen-bond donors (Lipinski definition) is 4. The fraction of sp³-hybridized carbons (Fsp3) is 0.257. The van der Waals surface area contributed by atoms with Crippen LogP contribution in [-0.4, -0.2) is 62.6 Å². The number of anilines is 1. The van der Waals surface area contributed by atoms with Crippen LogP contribution in [0, 0.1) is 0 Å². The van der Waals surface area contributed by atoms with Crippen molar-refractivity contribution in [2.24, 2.45) is 0 Å². The molecule has 240 valence electrons. The molecule has 0 bridgehead atoms. The highest BCUT2D eigenvalue weighted by atomic mass is 35.5. The first-order valence-corrected chi connectivity index (χ1v) is 17.1. The van der Waals surface area contributed by atoms with Gasteiger partial charge in [0.1, 0.15) is 6.04 Å². The third-order valence-corrected chi connectivity index (χ3v) is 9.98. The van der Waals surface area contributed by atoms with Gasteiger partial charge >= 0.3 is 6.09 Å². The fourth-order valence-corrected chi connectivity index (χ4v) is 7.30. The minimum atomic E-state index is -3.57. The number of halogens is 1. The van der Waals surface area contributed by atoms with Crippen molar-refractivity contribution in [2.75, 3.05) is 24.2 Å². The Morgan fingerprint density at radius 1 is 0.848 bits per heavy atom. The molecule has 46 heavy (non-hydrogen) atoms. The van der Waals surface area contributed by atoms with Crippen molar-refractivity contribution >= 4 is 39.1 Å². The molecule has 9 nitrogen and oxygen atoms in total. The molecule has 0 unspecified atom stereocenters. The summed E-state index contributed by atoms with van der Waals surface area (Å²) in [6.07, 6.45) is -0.961. The molecule has 1 heterocycles. The zero-order chi connectivity index (χ0) is 32.5. The van der Waals surface area contributed by atoms with E-state index in [4.69, 9.17) is 16.3 Å². The lowest BCUT2D eigenvalue weighted by atomic mass is 9.84. The molecule has 0 saturated carbocycles. The fourth-order valence-electron chi connectivity index (χ4n) is 5.74. The quantitative estimate of drug-likeness (QED) is 0.157. The van der Waals surface area contributed by atoms with Gasteiger partial charge in [0.25, 0.3) is 0 Å². The van der Waals surface area contributed by atoms with Gasteiger partial charge in [0.2, 0.25) is 5.91 Å². The van der Waals surface area contributed by atoms with Gasteiger partial charge in [-0.1, -0.05) is 90.5 Å². The maximum Gasteiger partial charge on any atom is 0.405 e. The Balaban J connectivity index is 1.28. The van der Waals surface area contributed by atoms with Crippen LogP contribution in [0.5, 0.6) is 0 Å². The number of rotatable bonds is 12. The molecular formula is C35H36ClN3O6S. The van der Waals surface area contributed by atoms with Gasteiger partial charge in [0.15, 0.2) is 9.84 Å². The van der Waals surface area contributed by atoms with E-state index in [1.807, 2.05) is 72.8 Å². The summed E-state index contributed by atoms with van der Waals surface area (Å²) in [6.45, 7) is 0.977. The first-order valence-electron chi connectivity index (χ1n) is 15.0. The van der Waals surface area contributed by atoms with Gasteiger partial charge in [-0.2, -0.15) is 0 Å². The van der Waals surface area contributed by atoms with Crippen LogP contribution in [-0.2, 0) is 25.8 Å². The number of ether oxygens (including phenoxy) is 1. The van der Waals surface area contributed by atoms with Crippen molar-refractivity contribution in [1.29, 1.82) is 0 Å². The van der Waals surface area contributed by atoms with Crippen LogP contribution in [0.15, 0.2) is 114 Å². The molecule has 4 aromatic carbocycles. The number of aryl methyl sites for hydroxylation is 1. The molecule has 0 spiro atoms. The van der Waals surface area contributed by atoms with Crippen molar-refractivity contribution in [3.05, 3.63) is 131 Å². The Hall–Kier alpha value is -4.22. The first-order chi connectivity index (χ1) is 22.2. The number of carbonyl (C=O) groups is 2. The third-order valence-electron chi connectivity index (χ3n) is 7.93. The maximum absolute atomic E-state index is 13.9. The molecule has 0 aliphatic carbocycles. The number of benzene rings is 4. The molecule has 4 N–H and O–H groups in total. The highest BCUT2D eigenvalue weighted by Gasteiger charge is 2.33. The second kappa shape index (κ2) is 15.4. The summed E-state index contributed by atoms with van der Waals surface area (Å²) in [4.78, 5) is 26.0. The topological polar surface area (TPSA) is 134 Å². The predicted molar refractivity (Wildman–Crippen MR) is 178 cm³/mol. The summed E-state index contributed by atoms with van der Waals surface area (Å²) in [6, 6.07) is 31.0. The molecule has 11 heteroatoms. The lowest BCUT2D eigenvalue weighted by molar-refractivity contribution is -0.118. The second-order valence-corrected chi connectivity index (χ2v) is 13.7. The molecule has 1 aliphatic rings. The number of carbonyl (C=O) groups excluding carboxylic acids is 1. The van der Waals surface area contributed by atoms with Gasteiger partial charge in [-0.25, -0.2) is 13.2 Å². The van der Waals surface area contributed by atoms with E-state index in [9.17, 15) is 23.1 Å². The SMILES string of the molecule is O=C(O)N[C@H](C(=O)Nc1ccccc1CC[C@H]1CNC[C@@H](CS(=O)(=O)c2ccc(Cl)cc2)O1)C(c1ccccc1)c1ccccc1. The standard InChI is InChI=1S/C35H36ClN3O6S/c36-27-16-19-30(20-17-27)46(43,44)23-29-22-37-21-28(45-29)18-15-24-9-7-8-14-31(24)38-34(40)33(39-35(41)42)32(25-10-3-1-4-11-25)26-12-5-2-6-13-26/h1-14,16-17,19-20,28-29,32-33,37,39H,15,18,21-23H2,(H,38,40)(H,41,42)/t28-,29-,33-/m0/s1. The van der Waals surface area contributed by atoms with Crippen molar-refractivity contribution in [2.45, 2.75) is 41.9 Å². The number of para-hydroxylation sites is 1. The minimum Gasteiger partial charge on any atom is -0.465 e. The average molecular weight is 662 g/mol. The smallest absolute Gasteiger partial charge is 0.405 e. The molecule has 3 atom stereocenters. The van der Waals surface area contributed by atoms with E-state index >= 15 is 0 Å². The number of morpholine rings is 1. The zero-order valence-corrected chi connectivity index (χ0v) is 26.6. The monoisotopic (exact) mass is 661 g/mol. The van der Waals surface area contributed by atoms with Crippen molar-refractivity contribution < 1.29 is 27.9 Å². The average Bonchev–Trinajstić information content (AvgIpc) is 3.05. The number of amides is 2. The zero-order valence-electron chi connectivity index (χ0n) is 25.0. The Morgan fingerprint density at radius 3 is 2.07 bits per heavy atom. The second-order valence-electron chi connectivity index (χ2n) is 11.2. The Labute approximate surface area is 273 Å². The molecule has 1 fully saturated rings. The number of hydrogen-bond acceptors (Lipinski definition) is 6. The van der Waals surface area contributed by atoms with Crippen molar-refractivity contribution in [3.63, 3.8) is 0 Å². The largest absolute Gasteiger partial charge is 0.465 e. The number of sulfone groups is 1. The van der Waals surface area contributed by atoms with Gasteiger partial charge in [-0.05, 0) is 59.9 Å². The van der Waals surface area contributed by atoms with Crippen LogP contribution < -0.4 is 16.0 Å².